The van der Waals surface area contributed by atoms with E-state index in [0.717, 1.165) is 0 Å². The van der Waals surface area contributed by atoms with Gasteiger partial charge in [-0.15, -0.1) is 17.0 Å². The average Bonchev–Trinajstić information content (AvgIpc) is 0. The van der Waals surface area contributed by atoms with Crippen LogP contribution in [0.4, 0.5) is 0 Å². The molecule has 0 rings (SSSR count). The first-order chi connectivity index (χ1) is 0. The van der Waals surface area contributed by atoms with Crippen LogP contribution in [0, 0.1) is 0 Å². The minimum absolute atomic E-state index is 0. The molecule has 0 aliphatic heterocycles. The first-order valence-corrected chi connectivity index (χ1v) is 0. The second-order valence-corrected chi connectivity index (χ2v) is 0. The van der Waals surface area contributed by atoms with Crippen molar-refractivity contribution >= 4 is 68.4 Å². The number of hydrogen-bond acceptors (Lipinski definition) is 1. The van der Waals surface area contributed by atoms with Crippen LogP contribution in [0.1, 0.15) is 0 Å². The summed E-state index contributed by atoms with van der Waals surface area (Å²) in [6, 6.07) is 0. The third-order valence-corrected chi connectivity index (χ3v) is 0. The van der Waals surface area contributed by atoms with Gasteiger partial charge in [-0.25, -0.2) is 0 Å². The van der Waals surface area contributed by atoms with E-state index in [4.69, 9.17) is 0 Å². The molecule has 0 atom stereocenters. The van der Waals surface area contributed by atoms with E-state index in [1.54, 1.807) is 0 Å². The van der Waals surface area contributed by atoms with Crippen LogP contribution in [0.2, 0.25) is 0 Å². The van der Waals surface area contributed by atoms with Crippen LogP contribution in [0.25, 0.3) is 0 Å². The van der Waals surface area contributed by atoms with Gasteiger partial charge in [0.05, 0.1) is 0 Å². The predicted molar refractivity (Wildman–Crippen MR) is 29.7 cm³/mol. The maximum atomic E-state index is 0. The van der Waals surface area contributed by atoms with Gasteiger partial charge in [0.2, 0.25) is 0 Å². The van der Waals surface area contributed by atoms with Gasteiger partial charge in [-0.05, 0) is 0 Å². The fourth-order valence-corrected chi connectivity index (χ4v) is 0. The minimum atomic E-state index is 0. The fraction of sp³-hybridized carbons (Fsp3) is 0. The summed E-state index contributed by atoms with van der Waals surface area (Å²) >= 11 is 0. The van der Waals surface area contributed by atoms with Crippen molar-refractivity contribution in [3.63, 3.8) is 0 Å². The second-order valence-electron chi connectivity index (χ2n) is 0. The topological polar surface area (TPSA) is 98.0 Å². The Kier molecular flexibility index (Phi) is 474. The van der Waals surface area contributed by atoms with E-state index in [9.17, 15) is 0 Å². The SMILES string of the molecule is Br.N.O.O.[KH]. The summed E-state index contributed by atoms with van der Waals surface area (Å²) in [5.41, 5.74) is 0. The van der Waals surface area contributed by atoms with Crippen molar-refractivity contribution in [2.24, 2.45) is 0 Å². The molecule has 34 valence electrons. The van der Waals surface area contributed by atoms with Gasteiger partial charge in [0, 0.05) is 0 Å². The summed E-state index contributed by atoms with van der Waals surface area (Å²) in [5.74, 6) is 0. The van der Waals surface area contributed by atoms with Crippen LogP contribution in [0.15, 0.2) is 0 Å². The molecule has 3 nitrogen and oxygen atoms in total. The summed E-state index contributed by atoms with van der Waals surface area (Å²) < 4.78 is 0. The second kappa shape index (κ2) is 37.6. The van der Waals surface area contributed by atoms with E-state index in [1.807, 2.05) is 0 Å². The van der Waals surface area contributed by atoms with Gasteiger partial charge in [0.1, 0.15) is 0 Å². The van der Waals surface area contributed by atoms with Gasteiger partial charge in [0.15, 0.2) is 0 Å². The molecule has 0 radical (unpaired) electrons. The van der Waals surface area contributed by atoms with Crippen LogP contribution in [0.3, 0.4) is 0 Å². The van der Waals surface area contributed by atoms with Gasteiger partial charge in [0.25, 0.3) is 0 Å². The number of halogens is 1. The predicted octanol–water partition coefficient (Wildman–Crippen LogP) is -1.56. The maximum absolute atomic E-state index is 0. The van der Waals surface area contributed by atoms with Crippen molar-refractivity contribution in [1.29, 1.82) is 0 Å². The Balaban J connectivity index is 0. The van der Waals surface area contributed by atoms with E-state index in [0.29, 0.717) is 0 Å². The molecule has 0 saturated carbocycles. The molecule has 0 aromatic heterocycles. The molecule has 0 unspecified atom stereocenters. The van der Waals surface area contributed by atoms with Crippen molar-refractivity contribution < 1.29 is 11.0 Å². The summed E-state index contributed by atoms with van der Waals surface area (Å²) in [4.78, 5) is 0. The summed E-state index contributed by atoms with van der Waals surface area (Å²) in [7, 11) is 0. The summed E-state index contributed by atoms with van der Waals surface area (Å²) in [6.07, 6.45) is 0. The van der Waals surface area contributed by atoms with Crippen LogP contribution in [-0.4, -0.2) is 62.3 Å². The normalized spacial score (nSPS) is 0. The molecule has 0 heterocycles. The molecule has 0 aliphatic carbocycles. The first-order valence-electron chi connectivity index (χ1n) is 0. The molecule has 0 aliphatic rings. The van der Waals surface area contributed by atoms with E-state index in [1.165, 1.54) is 0 Å². The van der Waals surface area contributed by atoms with Crippen LogP contribution in [0.5, 0.6) is 0 Å². The molecule has 0 saturated heterocycles. The Morgan fingerprint density at radius 2 is 0.800 bits per heavy atom. The standard InChI is InChI=1S/BrH.K.H3N.2H2O.H/h1H;;1H3;2*1H2;. The van der Waals surface area contributed by atoms with Crippen molar-refractivity contribution in [2.75, 3.05) is 0 Å². The molecule has 7 N–H and O–H groups in total. The Hall–Kier alpha value is 2.00. The summed E-state index contributed by atoms with van der Waals surface area (Å²) in [6.45, 7) is 0. The molecule has 5 heavy (non-hydrogen) atoms. The zero-order valence-corrected chi connectivity index (χ0v) is 3.83. The van der Waals surface area contributed by atoms with Crippen LogP contribution in [-0.2, 0) is 0 Å². The zero-order valence-electron chi connectivity index (χ0n) is 2.12. The Morgan fingerprint density at radius 3 is 0.800 bits per heavy atom. The van der Waals surface area contributed by atoms with Crippen molar-refractivity contribution in [3.05, 3.63) is 0 Å². The van der Waals surface area contributed by atoms with Gasteiger partial charge >= 0.3 is 51.4 Å². The molecule has 0 spiro atoms. The number of hydrogen-bond donors (Lipinski definition) is 1. The van der Waals surface area contributed by atoms with Crippen molar-refractivity contribution in [2.45, 2.75) is 0 Å². The van der Waals surface area contributed by atoms with E-state index < -0.39 is 0 Å². The van der Waals surface area contributed by atoms with Gasteiger partial charge in [-0.2, -0.15) is 0 Å². The molecule has 0 aromatic carbocycles. The van der Waals surface area contributed by atoms with Crippen molar-refractivity contribution in [3.8, 4) is 0 Å². The summed E-state index contributed by atoms with van der Waals surface area (Å²) in [5, 5.41) is 0. The van der Waals surface area contributed by atoms with E-state index >= 15 is 0 Å². The molecular weight excluding hydrogens is 165 g/mol. The molecule has 0 amide bonds. The fourth-order valence-electron chi connectivity index (χ4n) is 0. The third kappa shape index (κ3) is 24.0. The Labute approximate surface area is 83.9 Å². The zero-order chi connectivity index (χ0) is 0. The molecule has 0 bridgehead atoms. The molecule has 0 aromatic rings. The van der Waals surface area contributed by atoms with E-state index in [2.05, 4.69) is 0 Å². The molecular formula is H9BrKNO2. The quantitative estimate of drug-likeness (QED) is 0.441. The van der Waals surface area contributed by atoms with Crippen LogP contribution >= 0.6 is 17.0 Å². The Morgan fingerprint density at radius 1 is 0.800 bits per heavy atom. The van der Waals surface area contributed by atoms with Gasteiger partial charge in [-0.3, -0.25) is 0 Å². The van der Waals surface area contributed by atoms with Crippen molar-refractivity contribution in [1.82, 2.24) is 6.15 Å². The van der Waals surface area contributed by atoms with Gasteiger partial charge in [-0.1, -0.05) is 0 Å². The first kappa shape index (κ1) is 63.1. The Bertz CT molecular complexity index is 9.61. The monoisotopic (exact) mass is 173 g/mol. The third-order valence-electron chi connectivity index (χ3n) is 0. The average molecular weight is 174 g/mol. The van der Waals surface area contributed by atoms with Gasteiger partial charge < -0.3 is 17.1 Å². The van der Waals surface area contributed by atoms with Crippen LogP contribution < -0.4 is 6.15 Å². The van der Waals surface area contributed by atoms with E-state index in [-0.39, 0.29) is 85.5 Å². The molecule has 5 heteroatoms. The molecule has 0 fully saturated rings. The number of rotatable bonds is 0.